The Morgan fingerprint density at radius 2 is 1.90 bits per heavy atom. The minimum absolute atomic E-state index is 0.169. The summed E-state index contributed by atoms with van der Waals surface area (Å²) in [4.78, 5) is 11.1. The molecule has 0 spiro atoms. The van der Waals surface area contributed by atoms with Gasteiger partial charge in [0, 0.05) is 12.2 Å². The molecule has 0 bridgehead atoms. The summed E-state index contributed by atoms with van der Waals surface area (Å²) in [6, 6.07) is 7.32. The van der Waals surface area contributed by atoms with Gasteiger partial charge in [0.25, 0.3) is 0 Å². The molecule has 112 valence electrons. The molecule has 0 saturated carbocycles. The van der Waals surface area contributed by atoms with Crippen LogP contribution in [0.25, 0.3) is 0 Å². The predicted octanol–water partition coefficient (Wildman–Crippen LogP) is 3.24. The lowest BCUT2D eigenvalue weighted by Crippen LogP contribution is -2.33. The van der Waals surface area contributed by atoms with Gasteiger partial charge in [-0.1, -0.05) is 17.7 Å². The van der Waals surface area contributed by atoms with Gasteiger partial charge in [0.1, 0.15) is 0 Å². The van der Waals surface area contributed by atoms with Gasteiger partial charge in [0.2, 0.25) is 0 Å². The zero-order valence-corrected chi connectivity index (χ0v) is 10.8. The minimum atomic E-state index is -4.31. The van der Waals surface area contributed by atoms with Crippen molar-refractivity contribution in [1.82, 2.24) is 0 Å². The first kappa shape index (κ1) is 16.3. The highest BCUT2D eigenvalue weighted by Gasteiger charge is 2.42. The van der Waals surface area contributed by atoms with Crippen LogP contribution in [0.5, 0.6) is 0 Å². The molecule has 0 aliphatic heterocycles. The third kappa shape index (κ3) is 5.46. The van der Waals surface area contributed by atoms with Crippen molar-refractivity contribution in [3.05, 3.63) is 29.8 Å². The van der Waals surface area contributed by atoms with Crippen molar-refractivity contribution in [3.8, 4) is 0 Å². The Kier molecular flexibility index (Phi) is 5.79. The van der Waals surface area contributed by atoms with Crippen molar-refractivity contribution in [1.29, 1.82) is 0 Å². The van der Waals surface area contributed by atoms with Crippen LogP contribution in [-0.4, -0.2) is 31.5 Å². The Morgan fingerprint density at radius 1 is 1.30 bits per heavy atom. The third-order valence-corrected chi connectivity index (χ3v) is 2.45. The summed E-state index contributed by atoms with van der Waals surface area (Å²) in [7, 11) is 0. The van der Waals surface area contributed by atoms with E-state index in [0.29, 0.717) is 0 Å². The van der Waals surface area contributed by atoms with Crippen LogP contribution in [-0.2, 0) is 9.53 Å². The van der Waals surface area contributed by atoms with Crippen molar-refractivity contribution in [3.63, 3.8) is 0 Å². The first-order valence-corrected chi connectivity index (χ1v) is 5.93. The molecule has 0 saturated heterocycles. The summed E-state index contributed by atoms with van der Waals surface area (Å²) in [5.74, 6) is -5.26. The summed E-state index contributed by atoms with van der Waals surface area (Å²) in [5, 5.41) is 2.89. The monoisotopic (exact) mass is 293 g/mol. The summed E-state index contributed by atoms with van der Waals surface area (Å²) in [6.07, 6.45) is -4.03. The number of alkyl halides is 4. The second kappa shape index (κ2) is 7.12. The number of benzene rings is 1. The molecule has 0 heterocycles. The van der Waals surface area contributed by atoms with Gasteiger partial charge in [-0.05, 0) is 19.1 Å². The maximum atomic E-state index is 12.5. The summed E-state index contributed by atoms with van der Waals surface area (Å²) in [5.41, 5.74) is 1.84. The normalized spacial score (nSPS) is 11.5. The number of esters is 1. The van der Waals surface area contributed by atoms with Gasteiger partial charge < -0.3 is 10.1 Å². The highest BCUT2D eigenvalue weighted by Crippen LogP contribution is 2.22. The molecule has 1 aromatic carbocycles. The smallest absolute Gasteiger partial charge is 0.340 e. The molecule has 0 aliphatic rings. The molecule has 1 aromatic rings. The third-order valence-electron chi connectivity index (χ3n) is 2.45. The summed E-state index contributed by atoms with van der Waals surface area (Å²) < 4.78 is 52.7. The number of halogens is 4. The first-order valence-electron chi connectivity index (χ1n) is 5.93. The van der Waals surface area contributed by atoms with Crippen LogP contribution >= 0.6 is 0 Å². The lowest BCUT2D eigenvalue weighted by Gasteiger charge is -2.15. The van der Waals surface area contributed by atoms with Crippen molar-refractivity contribution in [2.45, 2.75) is 25.7 Å². The Labute approximate surface area is 113 Å². The maximum absolute atomic E-state index is 12.5. The second-order valence-corrected chi connectivity index (χ2v) is 4.27. The van der Waals surface area contributed by atoms with Crippen LogP contribution in [0.3, 0.4) is 0 Å². The van der Waals surface area contributed by atoms with Crippen LogP contribution in [0.4, 0.5) is 23.2 Å². The Balaban J connectivity index is 2.25. The van der Waals surface area contributed by atoms with Crippen molar-refractivity contribution < 1.29 is 27.1 Å². The van der Waals surface area contributed by atoms with Crippen LogP contribution in [0.15, 0.2) is 24.3 Å². The van der Waals surface area contributed by atoms with Crippen molar-refractivity contribution >= 4 is 11.7 Å². The largest absolute Gasteiger partial charge is 0.459 e. The van der Waals surface area contributed by atoms with Gasteiger partial charge in [-0.15, -0.1) is 0 Å². The SMILES string of the molecule is Cc1ccc(NCCC(=O)OCC(F)(F)C(F)F)cc1. The molecule has 0 aromatic heterocycles. The quantitative estimate of drug-likeness (QED) is 0.619. The molecule has 1 rings (SSSR count). The molecular formula is C13H15F4NO2. The van der Waals surface area contributed by atoms with E-state index in [0.717, 1.165) is 11.3 Å². The Bertz CT molecular complexity index is 435. The van der Waals surface area contributed by atoms with Crippen molar-refractivity contribution in [2.24, 2.45) is 0 Å². The van der Waals surface area contributed by atoms with Gasteiger partial charge in [-0.2, -0.15) is 8.78 Å². The summed E-state index contributed by atoms with van der Waals surface area (Å²) >= 11 is 0. The van der Waals surface area contributed by atoms with Gasteiger partial charge >= 0.3 is 18.3 Å². The number of ether oxygens (including phenoxy) is 1. The molecule has 1 N–H and O–H groups in total. The lowest BCUT2D eigenvalue weighted by atomic mass is 10.2. The number of hydrogen-bond acceptors (Lipinski definition) is 3. The van der Waals surface area contributed by atoms with E-state index in [1.165, 1.54) is 0 Å². The molecule has 0 fully saturated rings. The van der Waals surface area contributed by atoms with E-state index in [1.807, 2.05) is 19.1 Å². The molecular weight excluding hydrogens is 278 g/mol. The van der Waals surface area contributed by atoms with Gasteiger partial charge in [-0.3, -0.25) is 4.79 Å². The van der Waals surface area contributed by atoms with E-state index in [1.54, 1.807) is 12.1 Å². The average Bonchev–Trinajstić information content (AvgIpc) is 2.39. The fraction of sp³-hybridized carbons (Fsp3) is 0.462. The van der Waals surface area contributed by atoms with E-state index in [4.69, 9.17) is 0 Å². The molecule has 0 radical (unpaired) electrons. The summed E-state index contributed by atoms with van der Waals surface area (Å²) in [6.45, 7) is 0.487. The number of nitrogens with one attached hydrogen (secondary N) is 1. The number of carbonyl (C=O) groups excluding carboxylic acids is 1. The van der Waals surface area contributed by atoms with Crippen LogP contribution in [0.2, 0.25) is 0 Å². The van der Waals surface area contributed by atoms with E-state index >= 15 is 0 Å². The highest BCUT2D eigenvalue weighted by molar-refractivity contribution is 5.70. The average molecular weight is 293 g/mol. The minimum Gasteiger partial charge on any atom is -0.459 e. The Morgan fingerprint density at radius 3 is 2.45 bits per heavy atom. The number of aryl methyl sites for hydroxylation is 1. The number of rotatable bonds is 7. The Hall–Kier alpha value is -1.79. The van der Waals surface area contributed by atoms with Gasteiger partial charge in [-0.25, -0.2) is 8.78 Å². The fourth-order valence-electron chi connectivity index (χ4n) is 1.29. The highest BCUT2D eigenvalue weighted by atomic mass is 19.3. The topological polar surface area (TPSA) is 38.3 Å². The maximum Gasteiger partial charge on any atom is 0.340 e. The number of anilines is 1. The van der Waals surface area contributed by atoms with E-state index in [2.05, 4.69) is 10.1 Å². The van der Waals surface area contributed by atoms with Crippen LogP contribution in [0.1, 0.15) is 12.0 Å². The fourth-order valence-corrected chi connectivity index (χ4v) is 1.29. The van der Waals surface area contributed by atoms with Gasteiger partial charge in [0.05, 0.1) is 6.42 Å². The van der Waals surface area contributed by atoms with E-state index in [9.17, 15) is 22.4 Å². The van der Waals surface area contributed by atoms with Crippen molar-refractivity contribution in [2.75, 3.05) is 18.5 Å². The lowest BCUT2D eigenvalue weighted by molar-refractivity contribution is -0.179. The standard InChI is InChI=1S/C13H15F4NO2/c1-9-2-4-10(5-3-9)18-7-6-11(19)20-8-13(16,17)12(14)15/h2-5,12,18H,6-8H2,1H3. The van der Waals surface area contributed by atoms with E-state index in [-0.39, 0.29) is 13.0 Å². The zero-order valence-electron chi connectivity index (χ0n) is 10.8. The molecule has 7 heteroatoms. The number of carbonyl (C=O) groups is 1. The molecule has 3 nitrogen and oxygen atoms in total. The zero-order chi connectivity index (χ0) is 15.2. The number of hydrogen-bond donors (Lipinski definition) is 1. The molecule has 0 unspecified atom stereocenters. The van der Waals surface area contributed by atoms with Crippen LogP contribution < -0.4 is 5.32 Å². The molecule has 0 aliphatic carbocycles. The van der Waals surface area contributed by atoms with Crippen LogP contribution in [0, 0.1) is 6.92 Å². The van der Waals surface area contributed by atoms with E-state index < -0.39 is 24.9 Å². The molecule has 20 heavy (non-hydrogen) atoms. The molecule has 0 amide bonds. The van der Waals surface area contributed by atoms with Gasteiger partial charge in [0.15, 0.2) is 6.61 Å². The predicted molar refractivity (Wildman–Crippen MR) is 66.2 cm³/mol. The first-order chi connectivity index (χ1) is 9.31. The molecule has 0 atom stereocenters. The second-order valence-electron chi connectivity index (χ2n) is 4.27.